The predicted molar refractivity (Wildman–Crippen MR) is 77.8 cm³/mol. The molecule has 1 heterocycles. The van der Waals surface area contributed by atoms with E-state index in [1.54, 1.807) is 17.1 Å². The number of nitrogens with zero attached hydrogens (tertiary/aromatic N) is 2. The number of hydrogen-bond acceptors (Lipinski definition) is 3. The van der Waals surface area contributed by atoms with Gasteiger partial charge in [-0.15, -0.1) is 13.2 Å². The highest BCUT2D eigenvalue weighted by atomic mass is 16.3. The van der Waals surface area contributed by atoms with Gasteiger partial charge in [0, 0.05) is 26.2 Å². The molecule has 4 nitrogen and oxygen atoms in total. The number of hydrogen-bond donors (Lipinski definition) is 1. The number of amides is 1. The van der Waals surface area contributed by atoms with E-state index < -0.39 is 0 Å². The number of likely N-dealkylation sites (tertiary alicyclic amines) is 1. The first kappa shape index (κ1) is 15.9. The molecule has 4 heteroatoms. The number of piperidine rings is 1. The maximum Gasteiger partial charge on any atom is 0.237 e. The second-order valence-corrected chi connectivity index (χ2v) is 5.13. The Hall–Kier alpha value is -1.13. The molecule has 108 valence electrons. The van der Waals surface area contributed by atoms with Crippen molar-refractivity contribution in [1.82, 2.24) is 9.80 Å². The van der Waals surface area contributed by atoms with E-state index in [1.165, 1.54) is 0 Å². The average Bonchev–Trinajstić information content (AvgIpc) is 2.39. The van der Waals surface area contributed by atoms with Gasteiger partial charge in [-0.25, -0.2) is 0 Å². The van der Waals surface area contributed by atoms with Crippen LogP contribution in [0.2, 0.25) is 0 Å². The van der Waals surface area contributed by atoms with Crippen molar-refractivity contribution in [2.75, 3.05) is 39.3 Å². The van der Waals surface area contributed by atoms with Crippen LogP contribution in [0.4, 0.5) is 0 Å². The molecule has 1 unspecified atom stereocenters. The van der Waals surface area contributed by atoms with Crippen LogP contribution in [-0.2, 0) is 4.79 Å². The highest BCUT2D eigenvalue weighted by molar-refractivity contribution is 5.78. The molecular formula is C15H26N2O2. The van der Waals surface area contributed by atoms with Crippen LogP contribution in [0.1, 0.15) is 19.3 Å². The summed E-state index contributed by atoms with van der Waals surface area (Å²) in [6.07, 6.45) is 6.60. The Kier molecular flexibility index (Phi) is 7.45. The Bertz CT molecular complexity index is 293. The Balaban J connectivity index is 2.45. The molecule has 1 saturated heterocycles. The number of carbonyl (C=O) groups excluding carboxylic acids is 1. The number of carbonyl (C=O) groups is 1. The van der Waals surface area contributed by atoms with E-state index >= 15 is 0 Å². The topological polar surface area (TPSA) is 43.8 Å². The van der Waals surface area contributed by atoms with Gasteiger partial charge in [-0.05, 0) is 31.7 Å². The fraction of sp³-hybridized carbons (Fsp3) is 0.667. The van der Waals surface area contributed by atoms with Crippen LogP contribution in [0, 0.1) is 5.92 Å². The quantitative estimate of drug-likeness (QED) is 0.673. The molecule has 1 amide bonds. The molecule has 19 heavy (non-hydrogen) atoms. The maximum absolute atomic E-state index is 12.2. The van der Waals surface area contributed by atoms with E-state index in [0.29, 0.717) is 25.6 Å². The number of aliphatic hydroxyl groups is 1. The third kappa shape index (κ3) is 5.57. The summed E-state index contributed by atoms with van der Waals surface area (Å²) >= 11 is 0. The molecule has 1 atom stereocenters. The highest BCUT2D eigenvalue weighted by Gasteiger charge is 2.22. The summed E-state index contributed by atoms with van der Waals surface area (Å²) in [6.45, 7) is 11.1. The van der Waals surface area contributed by atoms with Crippen molar-refractivity contribution in [2.45, 2.75) is 19.3 Å². The van der Waals surface area contributed by atoms with Crippen LogP contribution in [-0.4, -0.2) is 60.1 Å². The fourth-order valence-electron chi connectivity index (χ4n) is 2.59. The monoisotopic (exact) mass is 266 g/mol. The van der Waals surface area contributed by atoms with Gasteiger partial charge in [0.2, 0.25) is 5.91 Å². The van der Waals surface area contributed by atoms with E-state index in [2.05, 4.69) is 18.1 Å². The minimum atomic E-state index is 0.129. The molecule has 0 spiro atoms. The van der Waals surface area contributed by atoms with E-state index in [4.69, 9.17) is 5.11 Å². The lowest BCUT2D eigenvalue weighted by Gasteiger charge is -2.33. The number of aliphatic hydroxyl groups excluding tert-OH is 1. The molecule has 0 aliphatic carbocycles. The molecule has 1 fully saturated rings. The van der Waals surface area contributed by atoms with Crippen molar-refractivity contribution < 1.29 is 9.90 Å². The van der Waals surface area contributed by atoms with E-state index in [9.17, 15) is 4.79 Å². The van der Waals surface area contributed by atoms with Gasteiger partial charge < -0.3 is 10.0 Å². The van der Waals surface area contributed by atoms with Crippen LogP contribution in [0.5, 0.6) is 0 Å². The van der Waals surface area contributed by atoms with Crippen molar-refractivity contribution in [1.29, 1.82) is 0 Å². The third-order valence-electron chi connectivity index (χ3n) is 3.55. The Morgan fingerprint density at radius 3 is 2.63 bits per heavy atom. The molecule has 0 aromatic rings. The van der Waals surface area contributed by atoms with Crippen molar-refractivity contribution >= 4 is 5.91 Å². The molecule has 0 bridgehead atoms. The van der Waals surface area contributed by atoms with Crippen molar-refractivity contribution in [2.24, 2.45) is 5.92 Å². The summed E-state index contributed by atoms with van der Waals surface area (Å²) in [7, 11) is 0. The van der Waals surface area contributed by atoms with Crippen molar-refractivity contribution in [3.8, 4) is 0 Å². The zero-order valence-electron chi connectivity index (χ0n) is 11.8. The van der Waals surface area contributed by atoms with Gasteiger partial charge in [0.1, 0.15) is 0 Å². The molecular weight excluding hydrogens is 240 g/mol. The molecule has 1 aliphatic rings. The summed E-state index contributed by atoms with van der Waals surface area (Å²) in [5, 5.41) is 9.00. The highest BCUT2D eigenvalue weighted by Crippen LogP contribution is 2.19. The summed E-state index contributed by atoms with van der Waals surface area (Å²) < 4.78 is 0. The van der Waals surface area contributed by atoms with E-state index in [0.717, 1.165) is 32.4 Å². The predicted octanol–water partition coefficient (Wildman–Crippen LogP) is 1.28. The Morgan fingerprint density at radius 2 is 2.05 bits per heavy atom. The van der Waals surface area contributed by atoms with Crippen LogP contribution >= 0.6 is 0 Å². The van der Waals surface area contributed by atoms with Crippen LogP contribution in [0.25, 0.3) is 0 Å². The first-order valence-corrected chi connectivity index (χ1v) is 7.04. The fourth-order valence-corrected chi connectivity index (χ4v) is 2.59. The molecule has 0 radical (unpaired) electrons. The molecule has 1 rings (SSSR count). The minimum absolute atomic E-state index is 0.129. The van der Waals surface area contributed by atoms with Crippen molar-refractivity contribution in [3.05, 3.63) is 25.3 Å². The van der Waals surface area contributed by atoms with Gasteiger partial charge in [0.25, 0.3) is 0 Å². The first-order valence-electron chi connectivity index (χ1n) is 7.04. The van der Waals surface area contributed by atoms with Gasteiger partial charge in [-0.3, -0.25) is 9.69 Å². The van der Waals surface area contributed by atoms with Gasteiger partial charge in [-0.2, -0.15) is 0 Å². The smallest absolute Gasteiger partial charge is 0.237 e. The summed E-state index contributed by atoms with van der Waals surface area (Å²) in [5.41, 5.74) is 0. The zero-order chi connectivity index (χ0) is 14.1. The molecule has 1 aliphatic heterocycles. The van der Waals surface area contributed by atoms with E-state index in [1.807, 2.05) is 0 Å². The summed E-state index contributed by atoms with van der Waals surface area (Å²) in [6, 6.07) is 0. The lowest BCUT2D eigenvalue weighted by atomic mass is 9.95. The first-order chi connectivity index (χ1) is 9.21. The largest absolute Gasteiger partial charge is 0.396 e. The Labute approximate surface area is 116 Å². The average molecular weight is 266 g/mol. The number of rotatable bonds is 8. The second kappa shape index (κ2) is 8.88. The molecule has 1 N–H and O–H groups in total. The Morgan fingerprint density at radius 1 is 1.37 bits per heavy atom. The molecule has 0 saturated carbocycles. The van der Waals surface area contributed by atoms with Gasteiger partial charge in [0.05, 0.1) is 6.54 Å². The molecule has 0 aromatic heterocycles. The van der Waals surface area contributed by atoms with Crippen LogP contribution in [0.15, 0.2) is 25.3 Å². The zero-order valence-corrected chi connectivity index (χ0v) is 11.8. The normalized spacial score (nSPS) is 19.9. The standard InChI is InChI=1S/C15H26N2O2/c1-3-8-17(9-4-2)15(19)13-16-10-5-6-14(12-16)7-11-18/h3-4,14,18H,1-2,5-13H2. The van der Waals surface area contributed by atoms with Crippen molar-refractivity contribution in [3.63, 3.8) is 0 Å². The third-order valence-corrected chi connectivity index (χ3v) is 3.55. The maximum atomic E-state index is 12.2. The minimum Gasteiger partial charge on any atom is -0.396 e. The van der Waals surface area contributed by atoms with Crippen LogP contribution in [0.3, 0.4) is 0 Å². The van der Waals surface area contributed by atoms with Gasteiger partial charge >= 0.3 is 0 Å². The molecule has 0 aromatic carbocycles. The SMILES string of the molecule is C=CCN(CC=C)C(=O)CN1CCCC(CCO)C1. The second-order valence-electron chi connectivity index (χ2n) is 5.13. The summed E-state index contributed by atoms with van der Waals surface area (Å²) in [5.74, 6) is 0.656. The lowest BCUT2D eigenvalue weighted by molar-refractivity contribution is -0.131. The van der Waals surface area contributed by atoms with Gasteiger partial charge in [-0.1, -0.05) is 12.2 Å². The summed E-state index contributed by atoms with van der Waals surface area (Å²) in [4.78, 5) is 16.2. The van der Waals surface area contributed by atoms with Gasteiger partial charge in [0.15, 0.2) is 0 Å². The van der Waals surface area contributed by atoms with Crippen LogP contribution < -0.4 is 0 Å². The van der Waals surface area contributed by atoms with E-state index in [-0.39, 0.29) is 12.5 Å². The lowest BCUT2D eigenvalue weighted by Crippen LogP contribution is -2.44.